The smallest absolute Gasteiger partial charge is 0.303 e. The number of carboxylic acids is 1. The number of amides is 1. The summed E-state index contributed by atoms with van der Waals surface area (Å²) < 4.78 is 5.34. The maximum Gasteiger partial charge on any atom is 0.303 e. The van der Waals surface area contributed by atoms with Crippen molar-refractivity contribution in [3.8, 4) is 0 Å². The number of aldehydes is 1. The average Bonchev–Trinajstić information content (AvgIpc) is 2.66. The van der Waals surface area contributed by atoms with Gasteiger partial charge in [0.25, 0.3) is 0 Å². The van der Waals surface area contributed by atoms with E-state index in [1.165, 1.54) is 7.11 Å². The minimum atomic E-state index is -0.761. The second-order valence-corrected chi connectivity index (χ2v) is 6.78. The maximum atomic E-state index is 11.5. The third-order valence-corrected chi connectivity index (χ3v) is 4.37. The molecule has 0 saturated heterocycles. The van der Waals surface area contributed by atoms with Gasteiger partial charge in [0.2, 0.25) is 5.91 Å². The highest BCUT2D eigenvalue weighted by atomic mass is 16.5. The van der Waals surface area contributed by atoms with Crippen molar-refractivity contribution in [1.82, 2.24) is 10.2 Å². The number of nitrogens with one attached hydrogen (secondary N) is 1. The number of ether oxygens (including phenoxy) is 1. The third kappa shape index (κ3) is 12.5. The molecule has 0 radical (unpaired) electrons. The van der Waals surface area contributed by atoms with Crippen LogP contribution >= 0.6 is 0 Å². The van der Waals surface area contributed by atoms with E-state index in [9.17, 15) is 14.4 Å². The Morgan fingerprint density at radius 1 is 1.28 bits per heavy atom. The Labute approximate surface area is 173 Å². The van der Waals surface area contributed by atoms with Gasteiger partial charge < -0.3 is 30.6 Å². The van der Waals surface area contributed by atoms with Crippen molar-refractivity contribution in [1.29, 1.82) is 0 Å². The second kappa shape index (κ2) is 15.3. The van der Waals surface area contributed by atoms with Gasteiger partial charge in [-0.1, -0.05) is 19.1 Å². The number of allylic oxidation sites excluding steroid dienone is 4. The molecular formula is C21H35N3O5. The lowest BCUT2D eigenvalue weighted by atomic mass is 10.1. The molecule has 0 aliphatic carbocycles. The Morgan fingerprint density at radius 3 is 2.52 bits per heavy atom. The van der Waals surface area contributed by atoms with E-state index in [-0.39, 0.29) is 19.3 Å². The van der Waals surface area contributed by atoms with Gasteiger partial charge in [-0.3, -0.25) is 9.59 Å². The molecule has 0 heterocycles. The zero-order chi connectivity index (χ0) is 22.2. The number of primary amides is 1. The molecule has 0 aromatic rings. The van der Waals surface area contributed by atoms with Crippen molar-refractivity contribution in [3.63, 3.8) is 0 Å². The van der Waals surface area contributed by atoms with E-state index in [1.54, 1.807) is 17.9 Å². The third-order valence-electron chi connectivity index (χ3n) is 4.37. The van der Waals surface area contributed by atoms with Crippen molar-refractivity contribution < 1.29 is 24.2 Å². The van der Waals surface area contributed by atoms with Crippen LogP contribution in [-0.4, -0.2) is 54.1 Å². The molecule has 4 N–H and O–H groups in total. The van der Waals surface area contributed by atoms with Crippen LogP contribution in [0.5, 0.6) is 0 Å². The van der Waals surface area contributed by atoms with Crippen molar-refractivity contribution in [2.45, 2.75) is 64.6 Å². The fourth-order valence-electron chi connectivity index (χ4n) is 2.70. The zero-order valence-corrected chi connectivity index (χ0v) is 17.7. The summed E-state index contributed by atoms with van der Waals surface area (Å²) in [7, 11) is 1.54. The summed E-state index contributed by atoms with van der Waals surface area (Å²) in [4.78, 5) is 34.8. The van der Waals surface area contributed by atoms with Crippen LogP contribution in [0.1, 0.15) is 52.4 Å². The SMILES string of the molecule is C=C(/C=C\C=C(/C)NCCCCCC(=O)O)N(C(C=O)CCC(N)=O)C(C)OC. The van der Waals surface area contributed by atoms with E-state index in [0.29, 0.717) is 12.1 Å². The van der Waals surface area contributed by atoms with Crippen molar-refractivity contribution >= 4 is 18.2 Å². The molecule has 1 amide bonds. The fraction of sp³-hybridized carbons (Fsp3) is 0.571. The summed E-state index contributed by atoms with van der Waals surface area (Å²) in [6.45, 7) is 8.51. The zero-order valence-electron chi connectivity index (χ0n) is 17.7. The standard InChI is InChI=1S/C21H35N3O5/c1-16(23-14-7-5-6-11-21(27)28)9-8-10-17(2)24(18(3)29-4)19(15-25)12-13-20(22)26/h8-10,15,18-19,23H,2,5-7,11-14H2,1,3-4H3,(H2,22,26)(H,27,28)/b10-8-,16-9+. The lowest BCUT2D eigenvalue weighted by Crippen LogP contribution is -2.42. The lowest BCUT2D eigenvalue weighted by Gasteiger charge is -2.35. The number of carbonyl (C=O) groups excluding carboxylic acids is 2. The van der Waals surface area contributed by atoms with E-state index in [0.717, 1.165) is 31.4 Å². The van der Waals surface area contributed by atoms with Gasteiger partial charge in [-0.2, -0.15) is 0 Å². The topological polar surface area (TPSA) is 122 Å². The quantitative estimate of drug-likeness (QED) is 0.146. The molecule has 0 fully saturated rings. The number of unbranched alkanes of at least 4 members (excludes halogenated alkanes) is 2. The molecule has 0 saturated carbocycles. The molecule has 0 aliphatic heterocycles. The van der Waals surface area contributed by atoms with Gasteiger partial charge in [-0.05, 0) is 45.3 Å². The molecule has 0 spiro atoms. The van der Waals surface area contributed by atoms with E-state index >= 15 is 0 Å². The molecule has 0 bridgehead atoms. The number of methoxy groups -OCH3 is 1. The molecule has 0 rings (SSSR count). The normalized spacial score (nSPS) is 13.7. The maximum absolute atomic E-state index is 11.5. The second-order valence-electron chi connectivity index (χ2n) is 6.78. The summed E-state index contributed by atoms with van der Waals surface area (Å²) in [6.07, 6.45) is 8.88. The minimum absolute atomic E-state index is 0.0999. The summed E-state index contributed by atoms with van der Waals surface area (Å²) in [5.74, 6) is -1.22. The Morgan fingerprint density at radius 2 is 1.97 bits per heavy atom. The van der Waals surface area contributed by atoms with Crippen LogP contribution in [0, 0.1) is 0 Å². The van der Waals surface area contributed by atoms with Crippen LogP contribution in [0.15, 0.2) is 36.2 Å². The van der Waals surface area contributed by atoms with Crippen LogP contribution in [0.4, 0.5) is 0 Å². The Balaban J connectivity index is 4.70. The van der Waals surface area contributed by atoms with Crippen molar-refractivity contribution in [3.05, 3.63) is 36.2 Å². The fourth-order valence-corrected chi connectivity index (χ4v) is 2.70. The highest BCUT2D eigenvalue weighted by Crippen LogP contribution is 2.17. The van der Waals surface area contributed by atoms with Gasteiger partial charge in [0.15, 0.2) is 0 Å². The van der Waals surface area contributed by atoms with Crippen LogP contribution in [0.3, 0.4) is 0 Å². The molecule has 0 aliphatic rings. The van der Waals surface area contributed by atoms with E-state index in [4.69, 9.17) is 15.6 Å². The molecule has 0 aromatic carbocycles. The first-order valence-corrected chi connectivity index (χ1v) is 9.77. The van der Waals surface area contributed by atoms with Crippen LogP contribution in [-0.2, 0) is 19.1 Å². The highest BCUT2D eigenvalue weighted by molar-refractivity contribution is 5.74. The number of hydrogen-bond acceptors (Lipinski definition) is 6. The van der Waals surface area contributed by atoms with E-state index in [2.05, 4.69) is 11.9 Å². The molecule has 8 nitrogen and oxygen atoms in total. The number of rotatable bonds is 17. The first kappa shape index (κ1) is 26.4. The summed E-state index contributed by atoms with van der Waals surface area (Å²) in [5.41, 5.74) is 6.73. The van der Waals surface area contributed by atoms with Crippen LogP contribution in [0.2, 0.25) is 0 Å². The molecule has 8 heteroatoms. The Hall–Kier alpha value is -2.61. The average molecular weight is 410 g/mol. The number of nitrogens with zero attached hydrogens (tertiary/aromatic N) is 1. The molecule has 29 heavy (non-hydrogen) atoms. The number of hydrogen-bond donors (Lipinski definition) is 3. The summed E-state index contributed by atoms with van der Waals surface area (Å²) in [6, 6.07) is -0.566. The Bertz CT molecular complexity index is 601. The van der Waals surface area contributed by atoms with Gasteiger partial charge in [-0.25, -0.2) is 0 Å². The summed E-state index contributed by atoms with van der Waals surface area (Å²) >= 11 is 0. The van der Waals surface area contributed by atoms with Gasteiger partial charge in [0, 0.05) is 37.9 Å². The lowest BCUT2D eigenvalue weighted by molar-refractivity contribution is -0.137. The molecule has 0 aromatic heterocycles. The number of nitrogens with two attached hydrogens (primary N) is 1. The minimum Gasteiger partial charge on any atom is -0.481 e. The number of aliphatic carboxylic acids is 1. The van der Waals surface area contributed by atoms with E-state index < -0.39 is 24.1 Å². The molecule has 2 atom stereocenters. The summed E-state index contributed by atoms with van der Waals surface area (Å²) in [5, 5.41) is 11.9. The predicted octanol–water partition coefficient (Wildman–Crippen LogP) is 2.32. The largest absolute Gasteiger partial charge is 0.481 e. The first-order chi connectivity index (χ1) is 13.7. The van der Waals surface area contributed by atoms with Crippen molar-refractivity contribution in [2.24, 2.45) is 5.73 Å². The number of carbonyl (C=O) groups is 3. The van der Waals surface area contributed by atoms with Gasteiger partial charge in [0.1, 0.15) is 12.5 Å². The number of carboxylic acid groups (broad SMARTS) is 1. The van der Waals surface area contributed by atoms with Crippen LogP contribution < -0.4 is 11.1 Å². The van der Waals surface area contributed by atoms with Gasteiger partial charge >= 0.3 is 5.97 Å². The molecule has 2 unspecified atom stereocenters. The van der Waals surface area contributed by atoms with Gasteiger partial charge in [-0.15, -0.1) is 0 Å². The van der Waals surface area contributed by atoms with E-state index in [1.807, 2.05) is 19.1 Å². The van der Waals surface area contributed by atoms with Gasteiger partial charge in [0.05, 0.1) is 6.04 Å². The molecular weight excluding hydrogens is 374 g/mol. The van der Waals surface area contributed by atoms with Crippen LogP contribution in [0.25, 0.3) is 0 Å². The predicted molar refractivity (Wildman–Crippen MR) is 113 cm³/mol. The molecule has 164 valence electrons. The first-order valence-electron chi connectivity index (χ1n) is 9.77. The monoisotopic (exact) mass is 409 g/mol. The Kier molecular flexibility index (Phi) is 13.9. The van der Waals surface area contributed by atoms with Crippen molar-refractivity contribution in [2.75, 3.05) is 13.7 Å². The highest BCUT2D eigenvalue weighted by Gasteiger charge is 2.23.